The fourth-order valence-electron chi connectivity index (χ4n) is 2.16. The molecule has 0 aliphatic rings. The number of amides is 1. The Morgan fingerprint density at radius 2 is 1.96 bits per heavy atom. The first kappa shape index (κ1) is 16.4. The summed E-state index contributed by atoms with van der Waals surface area (Å²) < 4.78 is 13.9. The number of hydrazone groups is 1. The summed E-state index contributed by atoms with van der Waals surface area (Å²) in [6, 6.07) is 11.4. The molecular weight excluding hydrogens is 349 g/mol. The van der Waals surface area contributed by atoms with Gasteiger partial charge in [-0.25, -0.2) is 9.82 Å². The van der Waals surface area contributed by atoms with Gasteiger partial charge in [-0.05, 0) is 42.8 Å². The number of thiophene rings is 1. The number of rotatable bonds is 3. The molecule has 0 unspecified atom stereocenters. The molecule has 0 spiro atoms. The molecule has 0 fully saturated rings. The second-order valence-corrected chi connectivity index (χ2v) is 6.58. The van der Waals surface area contributed by atoms with Crippen LogP contribution >= 0.6 is 22.9 Å². The summed E-state index contributed by atoms with van der Waals surface area (Å²) in [5.74, 6) is -0.805. The van der Waals surface area contributed by atoms with E-state index in [1.54, 1.807) is 25.1 Å². The minimum absolute atomic E-state index is 0.297. The molecule has 7 heteroatoms. The van der Waals surface area contributed by atoms with Crippen LogP contribution < -0.4 is 11.2 Å². The summed E-state index contributed by atoms with van der Waals surface area (Å²) in [4.78, 5) is 12.6. The van der Waals surface area contributed by atoms with Crippen LogP contribution in [-0.4, -0.2) is 11.6 Å². The van der Waals surface area contributed by atoms with E-state index in [2.05, 4.69) is 10.5 Å². The highest BCUT2D eigenvalue weighted by Crippen LogP contribution is 2.35. The number of anilines is 1. The fourth-order valence-corrected chi connectivity index (χ4v) is 3.59. The molecule has 1 heterocycles. The summed E-state index contributed by atoms with van der Waals surface area (Å²) in [7, 11) is 0. The predicted octanol–water partition coefficient (Wildman–Crippen LogP) is 4.43. The maximum atomic E-state index is 13.3. The van der Waals surface area contributed by atoms with E-state index in [0.717, 1.165) is 16.9 Å². The monoisotopic (exact) mass is 361 g/mol. The van der Waals surface area contributed by atoms with Crippen molar-refractivity contribution in [3.05, 3.63) is 63.7 Å². The smallest absolute Gasteiger partial charge is 0.283 e. The van der Waals surface area contributed by atoms with Gasteiger partial charge in [-0.2, -0.15) is 5.10 Å². The van der Waals surface area contributed by atoms with Crippen LogP contribution in [0.25, 0.3) is 10.1 Å². The third-order valence-electron chi connectivity index (χ3n) is 3.45. The number of benzene rings is 2. The molecule has 0 saturated heterocycles. The lowest BCUT2D eigenvalue weighted by Crippen LogP contribution is -2.18. The average molecular weight is 362 g/mol. The van der Waals surface area contributed by atoms with Crippen molar-refractivity contribution in [3.8, 4) is 0 Å². The van der Waals surface area contributed by atoms with Crippen molar-refractivity contribution in [3.63, 3.8) is 0 Å². The second kappa shape index (κ2) is 6.59. The summed E-state index contributed by atoms with van der Waals surface area (Å²) in [6.45, 7) is 1.77. The minimum atomic E-state index is -0.434. The Morgan fingerprint density at radius 3 is 2.67 bits per heavy atom. The Morgan fingerprint density at radius 1 is 1.25 bits per heavy atom. The first-order chi connectivity index (χ1) is 11.5. The van der Waals surface area contributed by atoms with E-state index in [0.29, 0.717) is 31.4 Å². The van der Waals surface area contributed by atoms with Crippen LogP contribution in [0.4, 0.5) is 10.1 Å². The zero-order chi connectivity index (χ0) is 17.3. The molecule has 0 radical (unpaired) electrons. The van der Waals surface area contributed by atoms with E-state index >= 15 is 0 Å². The van der Waals surface area contributed by atoms with Gasteiger partial charge in [0.2, 0.25) is 0 Å². The summed E-state index contributed by atoms with van der Waals surface area (Å²) >= 11 is 7.34. The molecule has 3 rings (SSSR count). The van der Waals surface area contributed by atoms with Crippen LogP contribution in [0.15, 0.2) is 47.6 Å². The standard InChI is InChI=1S/C17H13ClFN3OS/c1-9(10-2-5-12(20)6-3-10)21-22-17(23)16-15(18)13-7-4-11(19)8-14(13)24-16/h2-8H,20H2,1H3,(H,22,23). The van der Waals surface area contributed by atoms with Gasteiger partial charge in [0.25, 0.3) is 5.91 Å². The molecule has 0 atom stereocenters. The van der Waals surface area contributed by atoms with Crippen molar-refractivity contribution in [2.45, 2.75) is 6.92 Å². The largest absolute Gasteiger partial charge is 0.399 e. The van der Waals surface area contributed by atoms with Crippen LogP contribution in [0, 0.1) is 5.82 Å². The van der Waals surface area contributed by atoms with Gasteiger partial charge in [0.1, 0.15) is 10.7 Å². The van der Waals surface area contributed by atoms with Crippen LogP contribution in [0.2, 0.25) is 5.02 Å². The van der Waals surface area contributed by atoms with Gasteiger partial charge in [0.05, 0.1) is 10.7 Å². The molecule has 24 heavy (non-hydrogen) atoms. The molecule has 1 aromatic heterocycles. The third kappa shape index (κ3) is 3.25. The number of hydrogen-bond donors (Lipinski definition) is 2. The first-order valence-corrected chi connectivity index (χ1v) is 8.23. The number of nitrogens with zero attached hydrogens (tertiary/aromatic N) is 1. The molecule has 3 N–H and O–H groups in total. The molecule has 122 valence electrons. The van der Waals surface area contributed by atoms with Crippen molar-refractivity contribution < 1.29 is 9.18 Å². The topological polar surface area (TPSA) is 67.5 Å². The zero-order valence-electron chi connectivity index (χ0n) is 12.6. The van der Waals surface area contributed by atoms with Crippen molar-refractivity contribution >= 4 is 50.3 Å². The zero-order valence-corrected chi connectivity index (χ0v) is 14.2. The van der Waals surface area contributed by atoms with Gasteiger partial charge in [0, 0.05) is 15.8 Å². The summed E-state index contributed by atoms with van der Waals surface area (Å²) in [6.07, 6.45) is 0. The number of halogens is 2. The number of carbonyl (C=O) groups excluding carboxylic acids is 1. The Labute approximate surface area is 146 Å². The molecule has 3 aromatic rings. The van der Waals surface area contributed by atoms with E-state index in [1.165, 1.54) is 12.1 Å². The summed E-state index contributed by atoms with van der Waals surface area (Å²) in [5.41, 5.74) is 10.2. The molecule has 0 bridgehead atoms. The molecule has 0 aliphatic carbocycles. The van der Waals surface area contributed by atoms with Crippen molar-refractivity contribution in [1.82, 2.24) is 5.43 Å². The Balaban J connectivity index is 1.83. The lowest BCUT2D eigenvalue weighted by atomic mass is 10.1. The van der Waals surface area contributed by atoms with Crippen molar-refractivity contribution in [1.29, 1.82) is 0 Å². The van der Waals surface area contributed by atoms with Gasteiger partial charge in [-0.1, -0.05) is 23.7 Å². The molecule has 4 nitrogen and oxygen atoms in total. The van der Waals surface area contributed by atoms with Crippen molar-refractivity contribution in [2.24, 2.45) is 5.10 Å². The maximum Gasteiger partial charge on any atom is 0.283 e. The Kier molecular flexibility index (Phi) is 4.51. The fraction of sp³-hybridized carbons (Fsp3) is 0.0588. The highest BCUT2D eigenvalue weighted by molar-refractivity contribution is 7.21. The number of nitrogens with one attached hydrogen (secondary N) is 1. The quantitative estimate of drug-likeness (QED) is 0.411. The molecule has 0 saturated carbocycles. The van der Waals surface area contributed by atoms with Gasteiger partial charge < -0.3 is 5.73 Å². The molecule has 0 aliphatic heterocycles. The van der Waals surface area contributed by atoms with Gasteiger partial charge in [-0.3, -0.25) is 4.79 Å². The highest BCUT2D eigenvalue weighted by atomic mass is 35.5. The Bertz CT molecular complexity index is 950. The van der Waals surface area contributed by atoms with Crippen LogP contribution in [0.3, 0.4) is 0 Å². The van der Waals surface area contributed by atoms with E-state index in [4.69, 9.17) is 17.3 Å². The predicted molar refractivity (Wildman–Crippen MR) is 97.3 cm³/mol. The van der Waals surface area contributed by atoms with Crippen LogP contribution in [0.5, 0.6) is 0 Å². The summed E-state index contributed by atoms with van der Waals surface area (Å²) in [5, 5.41) is 5.02. The van der Waals surface area contributed by atoms with Crippen LogP contribution in [0.1, 0.15) is 22.2 Å². The van der Waals surface area contributed by atoms with Gasteiger partial charge >= 0.3 is 0 Å². The van der Waals surface area contributed by atoms with E-state index in [9.17, 15) is 9.18 Å². The number of nitrogens with two attached hydrogens (primary N) is 1. The SMILES string of the molecule is CC(=NNC(=O)c1sc2cc(F)ccc2c1Cl)c1ccc(N)cc1. The molecular formula is C17H13ClFN3OS. The minimum Gasteiger partial charge on any atom is -0.399 e. The van der Waals surface area contributed by atoms with Gasteiger partial charge in [-0.15, -0.1) is 11.3 Å². The first-order valence-electron chi connectivity index (χ1n) is 7.04. The average Bonchev–Trinajstić information content (AvgIpc) is 2.89. The third-order valence-corrected chi connectivity index (χ3v) is 5.11. The normalized spacial score (nSPS) is 11.7. The Hall–Kier alpha value is -2.44. The maximum absolute atomic E-state index is 13.3. The number of fused-ring (bicyclic) bond motifs is 1. The van der Waals surface area contributed by atoms with Crippen LogP contribution in [-0.2, 0) is 0 Å². The second-order valence-electron chi connectivity index (χ2n) is 5.15. The lowest BCUT2D eigenvalue weighted by Gasteiger charge is -2.02. The van der Waals surface area contributed by atoms with E-state index < -0.39 is 5.91 Å². The van der Waals surface area contributed by atoms with Gasteiger partial charge in [0.15, 0.2) is 0 Å². The number of hydrogen-bond acceptors (Lipinski definition) is 4. The molecule has 2 aromatic carbocycles. The lowest BCUT2D eigenvalue weighted by molar-refractivity contribution is 0.0959. The number of carbonyl (C=O) groups is 1. The van der Waals surface area contributed by atoms with Crippen molar-refractivity contribution in [2.75, 3.05) is 5.73 Å². The van der Waals surface area contributed by atoms with E-state index in [-0.39, 0.29) is 5.82 Å². The molecule has 1 amide bonds. The number of nitrogen functional groups attached to an aromatic ring is 1. The van der Waals surface area contributed by atoms with E-state index in [1.807, 2.05) is 12.1 Å². The highest BCUT2D eigenvalue weighted by Gasteiger charge is 2.17.